The molecule has 0 aliphatic carbocycles. The van der Waals surface area contributed by atoms with Crippen molar-refractivity contribution in [1.82, 2.24) is 5.48 Å². The number of rotatable bonds is 4. The summed E-state index contributed by atoms with van der Waals surface area (Å²) in [6.45, 7) is -0.652. The van der Waals surface area contributed by atoms with Crippen LogP contribution in [0.15, 0.2) is 22.7 Å². The summed E-state index contributed by atoms with van der Waals surface area (Å²) in [5.41, 5.74) is 2.19. The number of hydrogen-bond donors (Lipinski definition) is 3. The van der Waals surface area contributed by atoms with Gasteiger partial charge in [-0.15, -0.1) is 0 Å². The number of hydroxylamine groups is 1. The van der Waals surface area contributed by atoms with Gasteiger partial charge in [0.05, 0.1) is 4.47 Å². The van der Waals surface area contributed by atoms with Crippen LogP contribution in [-0.4, -0.2) is 23.7 Å². The Kier molecular flexibility index (Phi) is 4.85. The van der Waals surface area contributed by atoms with Crippen LogP contribution in [0.3, 0.4) is 0 Å². The highest BCUT2D eigenvalue weighted by atomic mass is 79.9. The van der Waals surface area contributed by atoms with Gasteiger partial charge in [0, 0.05) is 5.69 Å². The fraction of sp³-hybridized carbons (Fsp3) is 0.111. The van der Waals surface area contributed by atoms with Crippen LogP contribution in [0.1, 0.15) is 0 Å². The maximum atomic E-state index is 12.9. The number of nitrogens with one attached hydrogen (secondary N) is 2. The highest BCUT2D eigenvalue weighted by molar-refractivity contribution is 9.10. The number of amides is 2. The molecule has 17 heavy (non-hydrogen) atoms. The van der Waals surface area contributed by atoms with Crippen LogP contribution < -0.4 is 10.8 Å². The Labute approximate surface area is 104 Å². The van der Waals surface area contributed by atoms with Gasteiger partial charge in [-0.1, -0.05) is 0 Å². The molecule has 0 spiro atoms. The largest absolute Gasteiger partial charge is 0.479 e. The van der Waals surface area contributed by atoms with Crippen LogP contribution >= 0.6 is 15.9 Å². The summed E-state index contributed by atoms with van der Waals surface area (Å²) < 4.78 is 13.1. The normalized spacial score (nSPS) is 9.76. The van der Waals surface area contributed by atoms with E-state index in [0.717, 1.165) is 6.07 Å². The van der Waals surface area contributed by atoms with Crippen molar-refractivity contribution in [3.63, 3.8) is 0 Å². The third-order valence-corrected chi connectivity index (χ3v) is 2.15. The van der Waals surface area contributed by atoms with Gasteiger partial charge in [-0.3, -0.25) is 4.84 Å². The maximum Gasteiger partial charge on any atom is 0.343 e. The van der Waals surface area contributed by atoms with Gasteiger partial charge >= 0.3 is 12.0 Å². The van der Waals surface area contributed by atoms with Crippen LogP contribution in [0.5, 0.6) is 0 Å². The standard InChI is InChI=1S/C9H8BrFN2O4/c10-6-3-5(1-2-7(6)11)12-9(16)13-17-4-8(14)15/h1-3H,4H2,(H,14,15)(H2,12,13,16). The van der Waals surface area contributed by atoms with Crippen LogP contribution in [0.2, 0.25) is 0 Å². The Bertz CT molecular complexity index is 441. The first-order chi connectivity index (χ1) is 7.99. The Balaban J connectivity index is 2.45. The molecule has 1 rings (SSSR count). The number of carbonyl (C=O) groups is 2. The van der Waals surface area contributed by atoms with Crippen molar-refractivity contribution in [2.24, 2.45) is 0 Å². The third kappa shape index (κ3) is 4.79. The molecule has 0 radical (unpaired) electrons. The molecule has 1 aromatic carbocycles. The lowest BCUT2D eigenvalue weighted by molar-refractivity contribution is -0.143. The molecule has 0 atom stereocenters. The number of anilines is 1. The van der Waals surface area contributed by atoms with Gasteiger partial charge in [0.1, 0.15) is 5.82 Å². The molecule has 0 heterocycles. The quantitative estimate of drug-likeness (QED) is 0.739. The van der Waals surface area contributed by atoms with Gasteiger partial charge in [-0.25, -0.2) is 19.5 Å². The smallest absolute Gasteiger partial charge is 0.343 e. The predicted octanol–water partition coefficient (Wildman–Crippen LogP) is 1.73. The first-order valence-corrected chi connectivity index (χ1v) is 5.14. The molecule has 0 saturated carbocycles. The van der Waals surface area contributed by atoms with Crippen LogP contribution in [0.25, 0.3) is 0 Å². The minimum absolute atomic E-state index is 0.196. The number of halogens is 2. The fourth-order valence-electron chi connectivity index (χ4n) is 0.894. The highest BCUT2D eigenvalue weighted by Crippen LogP contribution is 2.19. The van der Waals surface area contributed by atoms with E-state index in [0.29, 0.717) is 5.69 Å². The topological polar surface area (TPSA) is 87.7 Å². The van der Waals surface area contributed by atoms with E-state index in [9.17, 15) is 14.0 Å². The molecular weight excluding hydrogens is 299 g/mol. The van der Waals surface area contributed by atoms with Crippen molar-refractivity contribution in [2.75, 3.05) is 11.9 Å². The highest BCUT2D eigenvalue weighted by Gasteiger charge is 2.05. The molecule has 0 aromatic heterocycles. The second-order valence-corrected chi connectivity index (χ2v) is 3.72. The fourth-order valence-corrected chi connectivity index (χ4v) is 1.27. The molecular formula is C9H8BrFN2O4. The molecule has 0 saturated heterocycles. The average Bonchev–Trinajstić information content (AvgIpc) is 2.23. The average molecular weight is 307 g/mol. The summed E-state index contributed by atoms with van der Waals surface area (Å²) in [4.78, 5) is 25.6. The first-order valence-electron chi connectivity index (χ1n) is 4.34. The van der Waals surface area contributed by atoms with Crippen LogP contribution in [0, 0.1) is 5.82 Å². The van der Waals surface area contributed by atoms with Crippen molar-refractivity contribution >= 4 is 33.6 Å². The molecule has 0 aliphatic rings. The molecule has 6 nitrogen and oxygen atoms in total. The molecule has 1 aromatic rings. The maximum absolute atomic E-state index is 12.9. The summed E-state index contributed by atoms with van der Waals surface area (Å²) in [5, 5.41) is 10.6. The third-order valence-electron chi connectivity index (χ3n) is 1.54. The zero-order valence-electron chi connectivity index (χ0n) is 8.37. The summed E-state index contributed by atoms with van der Waals surface area (Å²) in [7, 11) is 0. The number of carboxylic acid groups (broad SMARTS) is 1. The Hall–Kier alpha value is -1.67. The molecule has 3 N–H and O–H groups in total. The minimum Gasteiger partial charge on any atom is -0.479 e. The SMILES string of the molecule is O=C(O)CONC(=O)Nc1ccc(F)c(Br)c1. The van der Waals surface area contributed by atoms with Gasteiger partial charge in [0.15, 0.2) is 6.61 Å². The van der Waals surface area contributed by atoms with E-state index >= 15 is 0 Å². The number of benzene rings is 1. The monoisotopic (exact) mass is 306 g/mol. The summed E-state index contributed by atoms with van der Waals surface area (Å²) in [5.74, 6) is -1.67. The molecule has 0 aliphatic heterocycles. The van der Waals surface area contributed by atoms with Gasteiger partial charge in [0.2, 0.25) is 0 Å². The predicted molar refractivity (Wildman–Crippen MR) is 59.8 cm³/mol. The van der Waals surface area contributed by atoms with Crippen LogP contribution in [0.4, 0.5) is 14.9 Å². The number of carboxylic acids is 1. The van der Waals surface area contributed by atoms with Gasteiger partial charge in [-0.2, -0.15) is 0 Å². The molecule has 0 unspecified atom stereocenters. The van der Waals surface area contributed by atoms with Gasteiger partial charge < -0.3 is 10.4 Å². The summed E-state index contributed by atoms with van der Waals surface area (Å²) >= 11 is 2.95. The van der Waals surface area contributed by atoms with Crippen molar-refractivity contribution in [2.45, 2.75) is 0 Å². The summed E-state index contributed by atoms with van der Waals surface area (Å²) in [6, 6.07) is 3.10. The zero-order chi connectivity index (χ0) is 12.8. The number of hydrogen-bond acceptors (Lipinski definition) is 3. The van der Waals surface area contributed by atoms with E-state index in [-0.39, 0.29) is 4.47 Å². The lowest BCUT2D eigenvalue weighted by Crippen LogP contribution is -2.30. The van der Waals surface area contributed by atoms with E-state index < -0.39 is 24.4 Å². The van der Waals surface area contributed by atoms with E-state index in [1.54, 1.807) is 0 Å². The Morgan fingerprint density at radius 1 is 1.47 bits per heavy atom. The van der Waals surface area contributed by atoms with Crippen molar-refractivity contribution in [1.29, 1.82) is 0 Å². The van der Waals surface area contributed by atoms with Crippen molar-refractivity contribution < 1.29 is 23.9 Å². The molecule has 0 fully saturated rings. The van der Waals surface area contributed by atoms with E-state index in [2.05, 4.69) is 26.1 Å². The minimum atomic E-state index is -1.21. The second-order valence-electron chi connectivity index (χ2n) is 2.87. The van der Waals surface area contributed by atoms with Crippen molar-refractivity contribution in [3.05, 3.63) is 28.5 Å². The first kappa shape index (κ1) is 13.4. The van der Waals surface area contributed by atoms with E-state index in [1.165, 1.54) is 12.1 Å². The number of urea groups is 1. The van der Waals surface area contributed by atoms with Gasteiger partial charge in [-0.05, 0) is 34.1 Å². The lowest BCUT2D eigenvalue weighted by Gasteiger charge is -2.07. The number of carbonyl (C=O) groups excluding carboxylic acids is 1. The molecule has 92 valence electrons. The molecule has 8 heteroatoms. The van der Waals surface area contributed by atoms with Crippen LogP contribution in [-0.2, 0) is 9.63 Å². The zero-order valence-corrected chi connectivity index (χ0v) is 9.95. The number of aliphatic carboxylic acids is 1. The molecule has 2 amide bonds. The van der Waals surface area contributed by atoms with Crippen molar-refractivity contribution in [3.8, 4) is 0 Å². The Morgan fingerprint density at radius 2 is 2.18 bits per heavy atom. The lowest BCUT2D eigenvalue weighted by atomic mass is 10.3. The van der Waals surface area contributed by atoms with Gasteiger partial charge in [0.25, 0.3) is 0 Å². The summed E-state index contributed by atoms with van der Waals surface area (Å²) in [6.07, 6.45) is 0. The van der Waals surface area contributed by atoms with E-state index in [1.807, 2.05) is 5.48 Å². The molecule has 0 bridgehead atoms. The second kappa shape index (κ2) is 6.16. The van der Waals surface area contributed by atoms with E-state index in [4.69, 9.17) is 5.11 Å². The Morgan fingerprint density at radius 3 is 2.76 bits per heavy atom.